The number of aryl methyl sites for hydroxylation is 1. The lowest BCUT2D eigenvalue weighted by molar-refractivity contribution is -0.141. The lowest BCUT2D eigenvalue weighted by Gasteiger charge is -2.27. The van der Waals surface area contributed by atoms with Crippen LogP contribution in [0.15, 0.2) is 59.2 Å². The minimum Gasteiger partial charge on any atom is -0.493 e. The Hall–Kier alpha value is -3.89. The van der Waals surface area contributed by atoms with Crippen molar-refractivity contribution in [3.63, 3.8) is 0 Å². The second-order valence-electron chi connectivity index (χ2n) is 7.61. The van der Waals surface area contributed by atoms with E-state index in [2.05, 4.69) is 0 Å². The van der Waals surface area contributed by atoms with Crippen LogP contribution in [0.1, 0.15) is 23.6 Å². The molecule has 0 spiro atoms. The topological polar surface area (TPSA) is 88.9 Å². The average Bonchev–Trinajstić information content (AvgIpc) is 2.82. The summed E-state index contributed by atoms with van der Waals surface area (Å²) in [4.78, 5) is 26.6. The summed E-state index contributed by atoms with van der Waals surface area (Å²) in [5.41, 5.74) is 3.46. The predicted molar refractivity (Wildman–Crippen MR) is 123 cm³/mol. The standard InChI is InChI=1S/C26H26N2O5/c1-17-5-7-19(8-6-17)16-33-23-10-9-20(14-24(23)32-4)13-21-18(2)22(15-27)26(30)28(25(21)29)11-12-31-3/h5-10,13-14H,11-12,16H2,1-4H3/b21-13+. The van der Waals surface area contributed by atoms with Crippen LogP contribution in [0.2, 0.25) is 0 Å². The van der Waals surface area contributed by atoms with Crippen molar-refractivity contribution in [1.82, 2.24) is 4.90 Å². The van der Waals surface area contributed by atoms with Gasteiger partial charge in [-0.05, 0) is 48.8 Å². The molecule has 0 N–H and O–H groups in total. The van der Waals surface area contributed by atoms with Gasteiger partial charge in [0.05, 0.1) is 20.3 Å². The number of nitrogens with zero attached hydrogens (tertiary/aromatic N) is 2. The molecule has 7 nitrogen and oxygen atoms in total. The summed E-state index contributed by atoms with van der Waals surface area (Å²) in [7, 11) is 3.03. The summed E-state index contributed by atoms with van der Waals surface area (Å²) in [6.07, 6.45) is 1.65. The molecule has 33 heavy (non-hydrogen) atoms. The molecule has 170 valence electrons. The second-order valence-corrected chi connectivity index (χ2v) is 7.61. The van der Waals surface area contributed by atoms with Crippen molar-refractivity contribution in [2.24, 2.45) is 0 Å². The Labute approximate surface area is 193 Å². The third-order valence-corrected chi connectivity index (χ3v) is 5.36. The minimum atomic E-state index is -0.605. The summed E-state index contributed by atoms with van der Waals surface area (Å²) in [6.45, 7) is 4.27. The molecule has 2 aromatic carbocycles. The van der Waals surface area contributed by atoms with E-state index in [4.69, 9.17) is 14.2 Å². The quantitative estimate of drug-likeness (QED) is 0.452. The van der Waals surface area contributed by atoms with Crippen LogP contribution in [-0.2, 0) is 20.9 Å². The van der Waals surface area contributed by atoms with Gasteiger partial charge < -0.3 is 14.2 Å². The van der Waals surface area contributed by atoms with E-state index in [1.165, 1.54) is 12.7 Å². The fraction of sp³-hybridized carbons (Fsp3) is 0.269. The second kappa shape index (κ2) is 10.6. The number of ether oxygens (including phenoxy) is 3. The van der Waals surface area contributed by atoms with Crippen molar-refractivity contribution in [3.05, 3.63) is 75.9 Å². The fourth-order valence-electron chi connectivity index (χ4n) is 3.42. The van der Waals surface area contributed by atoms with E-state index in [0.717, 1.165) is 10.5 Å². The molecule has 0 bridgehead atoms. The molecular formula is C26H26N2O5. The van der Waals surface area contributed by atoms with Gasteiger partial charge in [-0.3, -0.25) is 14.5 Å². The molecule has 0 saturated heterocycles. The molecule has 0 atom stereocenters. The number of rotatable bonds is 8. The normalized spacial score (nSPS) is 15.1. The van der Waals surface area contributed by atoms with Crippen molar-refractivity contribution in [1.29, 1.82) is 5.26 Å². The highest BCUT2D eigenvalue weighted by Crippen LogP contribution is 2.32. The van der Waals surface area contributed by atoms with Crippen LogP contribution < -0.4 is 9.47 Å². The first-order valence-electron chi connectivity index (χ1n) is 10.4. The van der Waals surface area contributed by atoms with E-state index < -0.39 is 11.8 Å². The lowest BCUT2D eigenvalue weighted by Crippen LogP contribution is -2.44. The van der Waals surface area contributed by atoms with Crippen LogP contribution in [0.5, 0.6) is 11.5 Å². The van der Waals surface area contributed by atoms with Gasteiger partial charge in [-0.2, -0.15) is 5.26 Å². The van der Waals surface area contributed by atoms with E-state index in [0.29, 0.717) is 29.2 Å². The first kappa shape index (κ1) is 23.8. The zero-order valence-electron chi connectivity index (χ0n) is 19.2. The van der Waals surface area contributed by atoms with Crippen molar-refractivity contribution < 1.29 is 23.8 Å². The Kier molecular flexibility index (Phi) is 7.65. The van der Waals surface area contributed by atoms with Gasteiger partial charge in [0.1, 0.15) is 18.2 Å². The number of nitriles is 1. The molecule has 0 aromatic heterocycles. The summed E-state index contributed by atoms with van der Waals surface area (Å²) in [6, 6.07) is 15.3. The van der Waals surface area contributed by atoms with E-state index in [1.807, 2.05) is 37.3 Å². The summed E-state index contributed by atoms with van der Waals surface area (Å²) in [5, 5.41) is 9.47. The molecule has 0 radical (unpaired) electrons. The Morgan fingerprint density at radius 1 is 1.00 bits per heavy atom. The Balaban J connectivity index is 1.90. The van der Waals surface area contributed by atoms with Gasteiger partial charge in [0.2, 0.25) is 0 Å². The van der Waals surface area contributed by atoms with Crippen LogP contribution in [0.3, 0.4) is 0 Å². The van der Waals surface area contributed by atoms with Crippen molar-refractivity contribution >= 4 is 17.9 Å². The van der Waals surface area contributed by atoms with Crippen LogP contribution in [0.4, 0.5) is 0 Å². The summed E-state index contributed by atoms with van der Waals surface area (Å²) < 4.78 is 16.4. The first-order valence-corrected chi connectivity index (χ1v) is 10.4. The smallest absolute Gasteiger partial charge is 0.271 e. The van der Waals surface area contributed by atoms with E-state index in [1.54, 1.807) is 38.3 Å². The summed E-state index contributed by atoms with van der Waals surface area (Å²) >= 11 is 0. The maximum absolute atomic E-state index is 13.0. The Morgan fingerprint density at radius 3 is 2.36 bits per heavy atom. The minimum absolute atomic E-state index is 0.0537. The van der Waals surface area contributed by atoms with E-state index in [-0.39, 0.29) is 24.3 Å². The van der Waals surface area contributed by atoms with Crippen LogP contribution >= 0.6 is 0 Å². The van der Waals surface area contributed by atoms with Gasteiger partial charge in [-0.25, -0.2) is 0 Å². The molecule has 0 fully saturated rings. The van der Waals surface area contributed by atoms with Crippen LogP contribution in [-0.4, -0.2) is 44.1 Å². The molecule has 2 aromatic rings. The van der Waals surface area contributed by atoms with E-state index in [9.17, 15) is 14.9 Å². The van der Waals surface area contributed by atoms with Gasteiger partial charge in [0.25, 0.3) is 11.8 Å². The van der Waals surface area contributed by atoms with Crippen LogP contribution in [0, 0.1) is 18.3 Å². The monoisotopic (exact) mass is 446 g/mol. The van der Waals surface area contributed by atoms with Gasteiger partial charge in [0.15, 0.2) is 11.5 Å². The largest absolute Gasteiger partial charge is 0.493 e. The van der Waals surface area contributed by atoms with Crippen molar-refractivity contribution in [2.75, 3.05) is 27.4 Å². The summed E-state index contributed by atoms with van der Waals surface area (Å²) in [5.74, 6) is 0.00472. The van der Waals surface area contributed by atoms with Crippen LogP contribution in [0.25, 0.3) is 6.08 Å². The molecule has 0 aliphatic carbocycles. The third kappa shape index (κ3) is 5.30. The SMILES string of the molecule is COCCN1C(=O)C(C#N)=C(C)/C(=C\c2ccc(OCc3ccc(C)cc3)c(OC)c2)C1=O. The molecule has 7 heteroatoms. The van der Waals surface area contributed by atoms with E-state index >= 15 is 0 Å². The highest BCUT2D eigenvalue weighted by Gasteiger charge is 2.35. The maximum atomic E-state index is 13.0. The highest BCUT2D eigenvalue weighted by atomic mass is 16.5. The number of hydrogen-bond donors (Lipinski definition) is 0. The Bertz CT molecular complexity index is 1160. The number of methoxy groups -OCH3 is 2. The van der Waals surface area contributed by atoms with Crippen molar-refractivity contribution in [3.8, 4) is 17.6 Å². The third-order valence-electron chi connectivity index (χ3n) is 5.36. The molecule has 3 rings (SSSR count). The van der Waals surface area contributed by atoms with Gasteiger partial charge in [0, 0.05) is 12.7 Å². The number of carbonyl (C=O) groups excluding carboxylic acids is 2. The molecule has 2 amide bonds. The molecule has 1 aliphatic heterocycles. The average molecular weight is 447 g/mol. The first-order chi connectivity index (χ1) is 15.9. The number of carbonyl (C=O) groups is 2. The van der Waals surface area contributed by atoms with Gasteiger partial charge >= 0.3 is 0 Å². The number of hydrogen-bond acceptors (Lipinski definition) is 6. The molecule has 1 aliphatic rings. The molecule has 0 saturated carbocycles. The zero-order valence-corrected chi connectivity index (χ0v) is 19.2. The number of amides is 2. The van der Waals surface area contributed by atoms with Gasteiger partial charge in [-0.1, -0.05) is 35.9 Å². The maximum Gasteiger partial charge on any atom is 0.271 e. The number of benzene rings is 2. The molecular weight excluding hydrogens is 420 g/mol. The van der Waals surface area contributed by atoms with Crippen molar-refractivity contribution in [2.45, 2.75) is 20.5 Å². The molecule has 0 unspecified atom stereocenters. The zero-order chi connectivity index (χ0) is 24.0. The Morgan fingerprint density at radius 2 is 1.73 bits per heavy atom. The number of imide groups is 1. The molecule has 1 heterocycles. The highest BCUT2D eigenvalue weighted by molar-refractivity contribution is 6.19. The fourth-order valence-corrected chi connectivity index (χ4v) is 3.42. The predicted octanol–water partition coefficient (Wildman–Crippen LogP) is 3.82. The lowest BCUT2D eigenvalue weighted by atomic mass is 9.93. The van der Waals surface area contributed by atoms with Gasteiger partial charge in [-0.15, -0.1) is 0 Å².